The molecule has 0 bridgehead atoms. The number of carbonyl (C=O) groups excluding carboxylic acids is 4. The van der Waals surface area contributed by atoms with Gasteiger partial charge in [-0.3, -0.25) is 29.4 Å². The topological polar surface area (TPSA) is 171 Å². The highest BCUT2D eigenvalue weighted by Crippen LogP contribution is 2.36. The maximum absolute atomic E-state index is 13.2. The van der Waals surface area contributed by atoms with Crippen LogP contribution in [0.15, 0.2) is 91.4 Å². The maximum atomic E-state index is 13.2. The van der Waals surface area contributed by atoms with Gasteiger partial charge >= 0.3 is 6.01 Å². The van der Waals surface area contributed by atoms with Crippen molar-refractivity contribution in [2.75, 3.05) is 5.32 Å². The highest BCUT2D eigenvalue weighted by Gasteiger charge is 2.45. The lowest BCUT2D eigenvalue weighted by Crippen LogP contribution is -2.54. The van der Waals surface area contributed by atoms with Crippen LogP contribution in [0, 0.1) is 0 Å². The summed E-state index contributed by atoms with van der Waals surface area (Å²) in [5.74, 6) is -0.174. The van der Waals surface area contributed by atoms with Gasteiger partial charge in [-0.05, 0) is 60.0 Å². The van der Waals surface area contributed by atoms with Crippen molar-refractivity contribution in [3.05, 3.63) is 114 Å². The predicted octanol–water partition coefficient (Wildman–Crippen LogP) is 4.60. The molecule has 2 aliphatic heterocycles. The molecular formula is C38H34N8O6. The van der Waals surface area contributed by atoms with Crippen LogP contribution in [0.5, 0.6) is 17.5 Å². The number of amides is 4. The molecule has 1 saturated carbocycles. The summed E-state index contributed by atoms with van der Waals surface area (Å²) in [6.45, 7) is 4.33. The first-order chi connectivity index (χ1) is 25.1. The standard InChI is InChI=1S/C38H34N8O6/c1-38(2,23-5-10-27(11-6-23)52-37-39-16-15-32(43-37)46-40-17-18-41-46)22-3-8-26(9-4-22)51-28-19-25(20-28)42-24-7-12-29-30(21-24)36(50)45(35(29)49)31-13-14-33(47)44-34(31)48/h3-12,15-18,21,25,28,31,42H,13-14,19-20H2,1-2H3,(H,44,47,48)/t25-,28-,31?. The van der Waals surface area contributed by atoms with Crippen LogP contribution in [0.25, 0.3) is 5.82 Å². The molecule has 5 aromatic rings. The van der Waals surface area contributed by atoms with Crippen molar-refractivity contribution in [1.29, 1.82) is 0 Å². The number of nitrogens with one attached hydrogen (secondary N) is 2. The third kappa shape index (κ3) is 6.23. The van der Waals surface area contributed by atoms with E-state index in [-0.39, 0.29) is 47.5 Å². The molecule has 4 amide bonds. The summed E-state index contributed by atoms with van der Waals surface area (Å²) in [4.78, 5) is 61.0. The number of imide groups is 2. The first kappa shape index (κ1) is 32.7. The van der Waals surface area contributed by atoms with Gasteiger partial charge in [-0.25, -0.2) is 4.98 Å². The summed E-state index contributed by atoms with van der Waals surface area (Å²) in [6.07, 6.45) is 6.51. The van der Waals surface area contributed by atoms with Crippen LogP contribution in [-0.2, 0) is 15.0 Å². The minimum absolute atomic E-state index is 0.0324. The van der Waals surface area contributed by atoms with Crippen molar-refractivity contribution < 1.29 is 28.7 Å². The van der Waals surface area contributed by atoms with E-state index in [1.165, 1.54) is 4.80 Å². The Morgan fingerprint density at radius 2 is 1.48 bits per heavy atom. The first-order valence-corrected chi connectivity index (χ1v) is 17.0. The maximum Gasteiger partial charge on any atom is 0.324 e. The van der Waals surface area contributed by atoms with E-state index >= 15 is 0 Å². The van der Waals surface area contributed by atoms with Crippen molar-refractivity contribution in [2.45, 2.75) is 63.1 Å². The Bertz CT molecular complexity index is 2180. The molecule has 52 heavy (non-hydrogen) atoms. The largest absolute Gasteiger partial charge is 0.490 e. The Hall–Kier alpha value is -6.44. The van der Waals surface area contributed by atoms with Gasteiger partial charge in [0.2, 0.25) is 11.8 Å². The average Bonchev–Trinajstić information content (AvgIpc) is 3.75. The molecule has 2 N–H and O–H groups in total. The Balaban J connectivity index is 0.840. The van der Waals surface area contributed by atoms with Gasteiger partial charge in [-0.2, -0.15) is 15.2 Å². The van der Waals surface area contributed by atoms with Crippen LogP contribution >= 0.6 is 0 Å². The molecule has 0 radical (unpaired) electrons. The molecule has 262 valence electrons. The lowest BCUT2D eigenvalue weighted by molar-refractivity contribution is -0.136. The minimum atomic E-state index is -0.990. The van der Waals surface area contributed by atoms with Gasteiger partial charge in [0, 0.05) is 48.7 Å². The van der Waals surface area contributed by atoms with Crippen LogP contribution in [0.2, 0.25) is 0 Å². The van der Waals surface area contributed by atoms with Crippen LogP contribution in [0.1, 0.15) is 71.4 Å². The van der Waals surface area contributed by atoms with Crippen molar-refractivity contribution in [2.24, 2.45) is 0 Å². The molecular weight excluding hydrogens is 664 g/mol. The Kier molecular flexibility index (Phi) is 8.20. The quantitative estimate of drug-likeness (QED) is 0.196. The molecule has 1 unspecified atom stereocenters. The zero-order valence-electron chi connectivity index (χ0n) is 28.4. The van der Waals surface area contributed by atoms with E-state index in [1.54, 1.807) is 42.9 Å². The molecule has 1 saturated heterocycles. The molecule has 1 aliphatic carbocycles. The van der Waals surface area contributed by atoms with E-state index in [9.17, 15) is 19.2 Å². The average molecular weight is 699 g/mol. The van der Waals surface area contributed by atoms with Crippen LogP contribution in [0.4, 0.5) is 5.69 Å². The van der Waals surface area contributed by atoms with Gasteiger partial charge in [-0.15, -0.1) is 4.80 Å². The van der Waals surface area contributed by atoms with Gasteiger partial charge in [0.15, 0.2) is 5.82 Å². The van der Waals surface area contributed by atoms with Crippen molar-refractivity contribution in [3.8, 4) is 23.3 Å². The van der Waals surface area contributed by atoms with E-state index in [0.29, 0.717) is 17.3 Å². The fourth-order valence-electron chi connectivity index (χ4n) is 6.76. The lowest BCUT2D eigenvalue weighted by Gasteiger charge is -2.36. The minimum Gasteiger partial charge on any atom is -0.490 e. The number of fused-ring (bicyclic) bond motifs is 1. The summed E-state index contributed by atoms with van der Waals surface area (Å²) < 4.78 is 12.2. The zero-order chi connectivity index (χ0) is 36.0. The Labute approximate surface area is 298 Å². The second-order valence-electron chi connectivity index (χ2n) is 13.6. The summed E-state index contributed by atoms with van der Waals surface area (Å²) in [5, 5.41) is 13.8. The number of piperidine rings is 1. The lowest BCUT2D eigenvalue weighted by atomic mass is 9.78. The number of carbonyl (C=O) groups is 4. The number of ether oxygens (including phenoxy) is 2. The second kappa shape index (κ2) is 13.0. The van der Waals surface area contributed by atoms with Gasteiger partial charge in [0.25, 0.3) is 11.8 Å². The summed E-state index contributed by atoms with van der Waals surface area (Å²) >= 11 is 0. The van der Waals surface area contributed by atoms with Gasteiger partial charge in [0.1, 0.15) is 23.6 Å². The van der Waals surface area contributed by atoms with Crippen LogP contribution < -0.4 is 20.1 Å². The van der Waals surface area contributed by atoms with Crippen molar-refractivity contribution >= 4 is 29.3 Å². The molecule has 0 spiro atoms. The van der Waals surface area contributed by atoms with Gasteiger partial charge in [0.05, 0.1) is 23.5 Å². The summed E-state index contributed by atoms with van der Waals surface area (Å²) in [5.41, 5.74) is 3.17. The fraction of sp³-hybridized carbons (Fsp3) is 0.263. The summed E-state index contributed by atoms with van der Waals surface area (Å²) in [7, 11) is 0. The zero-order valence-corrected chi connectivity index (χ0v) is 28.4. The van der Waals surface area contributed by atoms with E-state index in [1.807, 2.05) is 36.4 Å². The van der Waals surface area contributed by atoms with E-state index in [0.717, 1.165) is 34.6 Å². The molecule has 1 atom stereocenters. The second-order valence-corrected chi connectivity index (χ2v) is 13.6. The number of rotatable bonds is 10. The number of anilines is 1. The Morgan fingerprint density at radius 1 is 0.808 bits per heavy atom. The van der Waals surface area contributed by atoms with E-state index in [2.05, 4.69) is 56.8 Å². The smallest absolute Gasteiger partial charge is 0.324 e. The Morgan fingerprint density at radius 3 is 2.17 bits per heavy atom. The highest BCUT2D eigenvalue weighted by atomic mass is 16.5. The molecule has 14 nitrogen and oxygen atoms in total. The molecule has 4 heterocycles. The van der Waals surface area contributed by atoms with Gasteiger partial charge in [-0.1, -0.05) is 38.1 Å². The third-order valence-electron chi connectivity index (χ3n) is 9.81. The SMILES string of the molecule is CC(C)(c1ccc(Oc2nccc(-n3nccn3)n2)cc1)c1ccc(O[C@H]2C[C@H](Nc3ccc4c(c3)C(=O)N(C3CCC(=O)NC3=O)C4=O)C2)cc1. The summed E-state index contributed by atoms with van der Waals surface area (Å²) in [6, 6.07) is 22.1. The molecule has 3 aliphatic rings. The van der Waals surface area contributed by atoms with E-state index in [4.69, 9.17) is 9.47 Å². The fourth-order valence-corrected chi connectivity index (χ4v) is 6.76. The van der Waals surface area contributed by atoms with Crippen molar-refractivity contribution in [3.63, 3.8) is 0 Å². The normalized spacial score (nSPS) is 19.9. The number of hydrogen-bond acceptors (Lipinski definition) is 11. The number of aromatic nitrogens is 5. The van der Waals surface area contributed by atoms with Gasteiger partial charge < -0.3 is 14.8 Å². The molecule has 2 fully saturated rings. The third-order valence-corrected chi connectivity index (χ3v) is 9.81. The predicted molar refractivity (Wildman–Crippen MR) is 186 cm³/mol. The number of nitrogens with zero attached hydrogens (tertiary/aromatic N) is 6. The van der Waals surface area contributed by atoms with Crippen molar-refractivity contribution in [1.82, 2.24) is 35.2 Å². The number of hydrogen-bond donors (Lipinski definition) is 2. The monoisotopic (exact) mass is 698 g/mol. The highest BCUT2D eigenvalue weighted by molar-refractivity contribution is 6.23. The molecule has 2 aromatic heterocycles. The molecule has 3 aromatic carbocycles. The van der Waals surface area contributed by atoms with Crippen LogP contribution in [0.3, 0.4) is 0 Å². The molecule has 14 heteroatoms. The first-order valence-electron chi connectivity index (χ1n) is 17.0. The van der Waals surface area contributed by atoms with E-state index < -0.39 is 29.7 Å². The number of benzene rings is 3. The molecule has 8 rings (SSSR count). The van der Waals surface area contributed by atoms with Crippen LogP contribution in [-0.4, -0.2) is 71.7 Å².